The molecule has 0 radical (unpaired) electrons. The first-order chi connectivity index (χ1) is 11.8. The van der Waals surface area contributed by atoms with Gasteiger partial charge in [-0.25, -0.2) is 0 Å². The minimum atomic E-state index is 0.00252. The van der Waals surface area contributed by atoms with E-state index in [0.717, 1.165) is 41.0 Å². The van der Waals surface area contributed by atoms with Crippen LogP contribution in [-0.4, -0.2) is 18.2 Å². The first kappa shape index (κ1) is 16.6. The molecule has 0 saturated carbocycles. The Balaban J connectivity index is 1.43. The van der Waals surface area contributed by atoms with E-state index in [-0.39, 0.29) is 5.91 Å². The normalized spacial score (nSPS) is 12.5. The van der Waals surface area contributed by atoms with Crippen LogP contribution < -0.4 is 5.32 Å². The minimum absolute atomic E-state index is 0.00252. The van der Waals surface area contributed by atoms with Crippen LogP contribution >= 0.6 is 11.8 Å². The van der Waals surface area contributed by atoms with Crippen molar-refractivity contribution in [1.82, 2.24) is 5.32 Å². The van der Waals surface area contributed by atoms with Crippen molar-refractivity contribution in [2.45, 2.75) is 25.0 Å². The molecule has 0 aromatic heterocycles. The first-order valence-corrected chi connectivity index (χ1v) is 9.39. The number of carbonyl (C=O) groups excluding carboxylic acids is 1. The Hall–Kier alpha value is -2.25. The molecule has 1 N–H and O–H groups in total. The molecule has 0 aliphatic heterocycles. The summed E-state index contributed by atoms with van der Waals surface area (Å²) in [7, 11) is 0. The zero-order chi connectivity index (χ0) is 16.8. The highest BCUT2D eigenvalue weighted by atomic mass is 32.2. The fourth-order valence-corrected chi connectivity index (χ4v) is 3.85. The van der Waals surface area contributed by atoms with Crippen molar-refractivity contribution < 1.29 is 4.79 Å². The predicted octanol–water partition coefficient (Wildman–Crippen LogP) is 3.71. The fraction of sp³-hybridized carbons (Fsp3) is 0.300. The van der Waals surface area contributed by atoms with E-state index in [9.17, 15) is 4.79 Å². The molecular formula is C20H20N2OS. The van der Waals surface area contributed by atoms with E-state index >= 15 is 0 Å². The Labute approximate surface area is 147 Å². The third kappa shape index (κ3) is 3.98. The van der Waals surface area contributed by atoms with Crippen LogP contribution in [0, 0.1) is 11.3 Å². The second-order valence-electron chi connectivity index (χ2n) is 5.91. The van der Waals surface area contributed by atoms with Crippen LogP contribution in [0.2, 0.25) is 0 Å². The molecule has 0 atom stereocenters. The van der Waals surface area contributed by atoms with E-state index in [1.807, 2.05) is 36.4 Å². The lowest BCUT2D eigenvalue weighted by Crippen LogP contribution is -2.25. The highest BCUT2D eigenvalue weighted by Crippen LogP contribution is 2.22. The number of carbonyl (C=O) groups is 1. The number of benzene rings is 2. The van der Waals surface area contributed by atoms with Crippen molar-refractivity contribution in [2.24, 2.45) is 0 Å². The number of aryl methyl sites for hydroxylation is 2. The van der Waals surface area contributed by atoms with E-state index in [1.54, 1.807) is 11.8 Å². The van der Waals surface area contributed by atoms with Crippen molar-refractivity contribution in [2.75, 3.05) is 12.3 Å². The Morgan fingerprint density at radius 2 is 2.00 bits per heavy atom. The fourth-order valence-electron chi connectivity index (χ4n) is 2.99. The molecule has 0 bridgehead atoms. The van der Waals surface area contributed by atoms with Crippen molar-refractivity contribution >= 4 is 17.7 Å². The molecule has 2 aromatic rings. The average molecular weight is 336 g/mol. The zero-order valence-corrected chi connectivity index (χ0v) is 14.4. The molecule has 0 unspecified atom stereocenters. The smallest absolute Gasteiger partial charge is 0.251 e. The van der Waals surface area contributed by atoms with Gasteiger partial charge >= 0.3 is 0 Å². The number of nitriles is 1. The van der Waals surface area contributed by atoms with Crippen LogP contribution in [0.4, 0.5) is 0 Å². The van der Waals surface area contributed by atoms with E-state index in [1.165, 1.54) is 17.5 Å². The summed E-state index contributed by atoms with van der Waals surface area (Å²) in [6.45, 7) is 0.634. The second-order valence-corrected chi connectivity index (χ2v) is 7.02. The molecule has 122 valence electrons. The monoisotopic (exact) mass is 336 g/mol. The molecule has 2 aromatic carbocycles. The molecular weight excluding hydrogens is 316 g/mol. The summed E-state index contributed by atoms with van der Waals surface area (Å²) in [5, 5.41) is 12.1. The molecule has 24 heavy (non-hydrogen) atoms. The number of hydrogen-bond donors (Lipinski definition) is 1. The van der Waals surface area contributed by atoms with Gasteiger partial charge in [0.1, 0.15) is 0 Å². The summed E-state index contributed by atoms with van der Waals surface area (Å²) >= 11 is 1.73. The van der Waals surface area contributed by atoms with E-state index < -0.39 is 0 Å². The van der Waals surface area contributed by atoms with Gasteiger partial charge in [-0.05, 0) is 54.2 Å². The minimum Gasteiger partial charge on any atom is -0.351 e. The number of fused-ring (bicyclic) bond motifs is 1. The van der Waals surface area contributed by atoms with Crippen LogP contribution in [0.25, 0.3) is 0 Å². The van der Waals surface area contributed by atoms with Crippen LogP contribution in [0.5, 0.6) is 0 Å². The highest BCUT2D eigenvalue weighted by Gasteiger charge is 2.13. The number of thioether (sulfide) groups is 1. The maximum atomic E-state index is 12.2. The molecule has 0 saturated heterocycles. The summed E-state index contributed by atoms with van der Waals surface area (Å²) in [5.74, 6) is 1.62. The van der Waals surface area contributed by atoms with Crippen molar-refractivity contribution in [1.29, 1.82) is 5.26 Å². The molecule has 0 fully saturated rings. The van der Waals surface area contributed by atoms with Crippen LogP contribution in [-0.2, 0) is 18.6 Å². The van der Waals surface area contributed by atoms with Gasteiger partial charge in [0.05, 0.1) is 11.6 Å². The molecule has 3 rings (SSSR count). The molecule has 0 spiro atoms. The van der Waals surface area contributed by atoms with Gasteiger partial charge in [-0.15, -0.1) is 0 Å². The second kappa shape index (κ2) is 8.03. The number of rotatable bonds is 6. The molecule has 1 amide bonds. The highest BCUT2D eigenvalue weighted by molar-refractivity contribution is 7.98. The topological polar surface area (TPSA) is 52.9 Å². The molecule has 3 nitrogen and oxygen atoms in total. The summed E-state index contributed by atoms with van der Waals surface area (Å²) in [6.07, 6.45) is 3.42. The van der Waals surface area contributed by atoms with Gasteiger partial charge in [0.2, 0.25) is 0 Å². The summed E-state index contributed by atoms with van der Waals surface area (Å²) in [4.78, 5) is 12.2. The maximum absolute atomic E-state index is 12.2. The van der Waals surface area contributed by atoms with Gasteiger partial charge in [0.15, 0.2) is 0 Å². The predicted molar refractivity (Wildman–Crippen MR) is 98.1 cm³/mol. The zero-order valence-electron chi connectivity index (χ0n) is 13.5. The number of amides is 1. The number of hydrogen-bond acceptors (Lipinski definition) is 3. The van der Waals surface area contributed by atoms with Gasteiger partial charge < -0.3 is 5.32 Å². The van der Waals surface area contributed by atoms with Crippen molar-refractivity contribution in [3.8, 4) is 6.07 Å². The number of nitrogens with one attached hydrogen (secondary N) is 1. The largest absolute Gasteiger partial charge is 0.351 e. The van der Waals surface area contributed by atoms with Gasteiger partial charge in [0.25, 0.3) is 5.91 Å². The Bertz CT molecular complexity index is 779. The third-order valence-corrected chi connectivity index (χ3v) is 5.30. The third-order valence-electron chi connectivity index (χ3n) is 4.29. The van der Waals surface area contributed by atoms with Gasteiger partial charge in [-0.1, -0.05) is 24.3 Å². The SMILES string of the molecule is N#Cc1ccccc1CSCCNC(=O)c1ccc2c(c1)CCC2. The Morgan fingerprint density at radius 1 is 1.17 bits per heavy atom. The van der Waals surface area contributed by atoms with Crippen molar-refractivity contribution in [3.63, 3.8) is 0 Å². The van der Waals surface area contributed by atoms with Gasteiger partial charge in [-0.3, -0.25) is 4.79 Å². The molecule has 1 aliphatic rings. The first-order valence-electron chi connectivity index (χ1n) is 8.23. The maximum Gasteiger partial charge on any atom is 0.251 e. The van der Waals surface area contributed by atoms with E-state index in [2.05, 4.69) is 17.5 Å². The lowest BCUT2D eigenvalue weighted by atomic mass is 10.1. The van der Waals surface area contributed by atoms with Crippen molar-refractivity contribution in [3.05, 3.63) is 70.3 Å². The average Bonchev–Trinajstić information content (AvgIpc) is 3.09. The summed E-state index contributed by atoms with van der Waals surface area (Å²) in [5.41, 5.74) is 5.25. The Morgan fingerprint density at radius 3 is 2.88 bits per heavy atom. The van der Waals surface area contributed by atoms with Crippen LogP contribution in [0.1, 0.15) is 39.0 Å². The summed E-state index contributed by atoms with van der Waals surface area (Å²) in [6, 6.07) is 15.9. The van der Waals surface area contributed by atoms with Gasteiger partial charge in [-0.2, -0.15) is 17.0 Å². The number of nitrogens with zero attached hydrogens (tertiary/aromatic N) is 1. The van der Waals surface area contributed by atoms with Crippen LogP contribution in [0.15, 0.2) is 42.5 Å². The lowest BCUT2D eigenvalue weighted by Gasteiger charge is -2.07. The van der Waals surface area contributed by atoms with E-state index in [4.69, 9.17) is 5.26 Å². The molecule has 0 heterocycles. The lowest BCUT2D eigenvalue weighted by molar-refractivity contribution is 0.0956. The summed E-state index contributed by atoms with van der Waals surface area (Å²) < 4.78 is 0. The van der Waals surface area contributed by atoms with Gasteiger partial charge in [0, 0.05) is 23.6 Å². The standard InChI is InChI=1S/C20H20N2OS/c21-13-18-4-1-2-5-19(18)14-24-11-10-22-20(23)17-9-8-15-6-3-7-16(15)12-17/h1-2,4-5,8-9,12H,3,6-7,10-11,14H2,(H,22,23). The Kier molecular flexibility index (Phi) is 5.55. The van der Waals surface area contributed by atoms with E-state index in [0.29, 0.717) is 6.54 Å². The van der Waals surface area contributed by atoms with Crippen LogP contribution in [0.3, 0.4) is 0 Å². The molecule has 1 aliphatic carbocycles. The molecule has 4 heteroatoms. The quantitative estimate of drug-likeness (QED) is 0.818.